The Labute approximate surface area is 213 Å². The van der Waals surface area contributed by atoms with Gasteiger partial charge in [-0.1, -0.05) is 6.92 Å². The number of nitrogens with zero attached hydrogens (tertiary/aromatic N) is 1. The molecule has 0 saturated heterocycles. The minimum absolute atomic E-state index is 0.0826. The maximum absolute atomic E-state index is 12.9. The van der Waals surface area contributed by atoms with E-state index >= 15 is 0 Å². The van der Waals surface area contributed by atoms with E-state index in [-0.39, 0.29) is 42.7 Å². The van der Waals surface area contributed by atoms with Crippen LogP contribution in [0, 0.1) is 28.6 Å². The number of esters is 2. The number of carbonyl (C=O) groups is 3. The second kappa shape index (κ2) is 8.37. The van der Waals surface area contributed by atoms with Crippen LogP contribution in [0.3, 0.4) is 0 Å². The fraction of sp³-hybridized carbons (Fsp3) is 0.821. The summed E-state index contributed by atoms with van der Waals surface area (Å²) in [5.74, 6) is -0.725. The van der Waals surface area contributed by atoms with E-state index in [0.29, 0.717) is 43.2 Å². The van der Waals surface area contributed by atoms with Crippen LogP contribution in [-0.4, -0.2) is 84.5 Å². The molecule has 1 heterocycles. The minimum atomic E-state index is -1.24. The van der Waals surface area contributed by atoms with E-state index in [4.69, 9.17) is 9.47 Å². The molecule has 0 aromatic carbocycles. The maximum atomic E-state index is 12.9. The van der Waals surface area contributed by atoms with E-state index < -0.39 is 28.1 Å². The van der Waals surface area contributed by atoms with Crippen LogP contribution in [0.2, 0.25) is 0 Å². The van der Waals surface area contributed by atoms with Gasteiger partial charge in [-0.05, 0) is 74.7 Å². The van der Waals surface area contributed by atoms with Crippen LogP contribution in [-0.2, 0) is 23.9 Å². The zero-order chi connectivity index (χ0) is 26.1. The highest BCUT2D eigenvalue weighted by Crippen LogP contribution is 2.70. The lowest BCUT2D eigenvalue weighted by Crippen LogP contribution is -2.69. The van der Waals surface area contributed by atoms with Gasteiger partial charge in [0.25, 0.3) is 0 Å². The molecule has 1 aliphatic heterocycles. The highest BCUT2D eigenvalue weighted by Gasteiger charge is 2.71. The minimum Gasteiger partial charge on any atom is -0.458 e. The van der Waals surface area contributed by atoms with Crippen LogP contribution in [0.15, 0.2) is 11.6 Å². The van der Waals surface area contributed by atoms with Crippen molar-refractivity contribution in [1.29, 1.82) is 0 Å². The lowest BCUT2D eigenvalue weighted by atomic mass is 9.41. The fourth-order valence-electron chi connectivity index (χ4n) is 9.03. The van der Waals surface area contributed by atoms with Gasteiger partial charge in [0.1, 0.15) is 19.0 Å². The summed E-state index contributed by atoms with van der Waals surface area (Å²) in [7, 11) is 5.78. The van der Waals surface area contributed by atoms with E-state index in [0.717, 1.165) is 31.1 Å². The number of hydrogen-bond acceptors (Lipinski definition) is 7. The highest BCUT2D eigenvalue weighted by atomic mass is 16.5. The molecular weight excluding hydrogens is 462 g/mol. The third kappa shape index (κ3) is 3.70. The molecule has 4 saturated carbocycles. The van der Waals surface area contributed by atoms with Gasteiger partial charge in [-0.2, -0.15) is 0 Å². The SMILES string of the molecule is C[C@@]12CC[C@@H]3[C@H](CC[C@@]4(O)C[C@H](OC(=O)C[N+](C)(C)C)CC[C@]34C=O)[C@@]1(O)CC[C@H]2C1=CC(=O)OC1. The zero-order valence-electron chi connectivity index (χ0n) is 22.1. The Morgan fingerprint density at radius 3 is 2.47 bits per heavy atom. The third-order valence-corrected chi connectivity index (χ3v) is 10.7. The Morgan fingerprint density at radius 1 is 1.11 bits per heavy atom. The number of ether oxygens (including phenoxy) is 2. The van der Waals surface area contributed by atoms with Crippen molar-refractivity contribution in [3.63, 3.8) is 0 Å². The summed E-state index contributed by atoms with van der Waals surface area (Å²) in [5, 5.41) is 24.3. The molecule has 0 aromatic heterocycles. The van der Waals surface area contributed by atoms with Gasteiger partial charge in [-0.15, -0.1) is 0 Å². The first-order chi connectivity index (χ1) is 16.8. The van der Waals surface area contributed by atoms with Gasteiger partial charge in [-0.3, -0.25) is 0 Å². The predicted octanol–water partition coefficient (Wildman–Crippen LogP) is 2.16. The number of aldehydes is 1. The molecule has 0 radical (unpaired) electrons. The van der Waals surface area contributed by atoms with Crippen LogP contribution in [0.4, 0.5) is 0 Å². The standard InChI is InChI=1S/C28H42NO7/c1-25-9-6-21-22(28(25,34)12-8-20(25)18-13-23(31)35-16-18)7-11-27(33)14-19(5-10-26(21,27)17-30)36-24(32)15-29(2,3)4/h13,17,19-22,33-34H,5-12,14-16H2,1-4H3/q+1/t19-,20+,21-,22+,25+,26+,27-,28+/m1/s1. The van der Waals surface area contributed by atoms with Crippen LogP contribution >= 0.6 is 0 Å². The molecule has 200 valence electrons. The number of hydrogen-bond donors (Lipinski definition) is 2. The molecule has 0 amide bonds. The number of cyclic esters (lactones) is 1. The zero-order valence-corrected chi connectivity index (χ0v) is 22.1. The normalized spacial score (nSPS) is 46.2. The van der Waals surface area contributed by atoms with Crippen molar-refractivity contribution < 1.29 is 38.6 Å². The van der Waals surface area contributed by atoms with Crippen molar-refractivity contribution in [3.05, 3.63) is 11.6 Å². The largest absolute Gasteiger partial charge is 0.458 e. The number of rotatable bonds is 5. The molecule has 5 aliphatic rings. The lowest BCUT2D eigenvalue weighted by Gasteiger charge is -2.65. The van der Waals surface area contributed by atoms with Crippen molar-refractivity contribution in [3.8, 4) is 0 Å². The quantitative estimate of drug-likeness (QED) is 0.335. The molecule has 8 nitrogen and oxygen atoms in total. The maximum Gasteiger partial charge on any atom is 0.362 e. The summed E-state index contributed by atoms with van der Waals surface area (Å²) in [5.41, 5.74) is -2.57. The third-order valence-electron chi connectivity index (χ3n) is 10.7. The molecule has 5 rings (SSSR count). The summed E-state index contributed by atoms with van der Waals surface area (Å²) in [6.45, 7) is 2.69. The van der Waals surface area contributed by atoms with Crippen molar-refractivity contribution in [2.75, 3.05) is 34.3 Å². The van der Waals surface area contributed by atoms with Crippen molar-refractivity contribution >= 4 is 18.2 Å². The van der Waals surface area contributed by atoms with E-state index in [1.165, 1.54) is 0 Å². The predicted molar refractivity (Wildman–Crippen MR) is 130 cm³/mol. The average Bonchev–Trinajstić information content (AvgIpc) is 3.31. The van der Waals surface area contributed by atoms with Crippen molar-refractivity contribution in [1.82, 2.24) is 0 Å². The first-order valence-electron chi connectivity index (χ1n) is 13.6. The van der Waals surface area contributed by atoms with Gasteiger partial charge in [0, 0.05) is 17.9 Å². The summed E-state index contributed by atoms with van der Waals surface area (Å²) < 4.78 is 11.4. The van der Waals surface area contributed by atoms with Crippen LogP contribution < -0.4 is 0 Å². The van der Waals surface area contributed by atoms with E-state index in [1.807, 2.05) is 21.1 Å². The summed E-state index contributed by atoms with van der Waals surface area (Å²) in [6, 6.07) is 0. The Morgan fingerprint density at radius 2 is 1.83 bits per heavy atom. The number of fused-ring (bicyclic) bond motifs is 5. The number of quaternary nitrogens is 1. The number of likely N-dealkylation sites (N-methyl/N-ethyl adjacent to an activating group) is 1. The van der Waals surface area contributed by atoms with Gasteiger partial charge in [0.05, 0.1) is 37.8 Å². The number of carbonyl (C=O) groups excluding carboxylic acids is 3. The lowest BCUT2D eigenvalue weighted by molar-refractivity contribution is -0.862. The molecule has 8 heteroatoms. The molecule has 4 fully saturated rings. The molecule has 4 aliphatic carbocycles. The van der Waals surface area contributed by atoms with Gasteiger partial charge in [0.2, 0.25) is 0 Å². The second-order valence-electron chi connectivity index (χ2n) is 13.5. The van der Waals surface area contributed by atoms with E-state index in [2.05, 4.69) is 6.92 Å². The van der Waals surface area contributed by atoms with E-state index in [9.17, 15) is 24.6 Å². The molecule has 0 spiro atoms. The Bertz CT molecular complexity index is 987. The first kappa shape index (κ1) is 25.9. The Hall–Kier alpha value is -1.77. The fourth-order valence-corrected chi connectivity index (χ4v) is 9.03. The van der Waals surface area contributed by atoms with Gasteiger partial charge >= 0.3 is 11.9 Å². The molecule has 0 unspecified atom stereocenters. The first-order valence-corrected chi connectivity index (χ1v) is 13.6. The second-order valence-corrected chi connectivity index (χ2v) is 13.5. The smallest absolute Gasteiger partial charge is 0.362 e. The summed E-state index contributed by atoms with van der Waals surface area (Å²) in [4.78, 5) is 37.1. The topological polar surface area (TPSA) is 110 Å². The Balaban J connectivity index is 1.38. The highest BCUT2D eigenvalue weighted by molar-refractivity contribution is 5.85. The van der Waals surface area contributed by atoms with Crippen molar-refractivity contribution in [2.45, 2.75) is 82.0 Å². The summed E-state index contributed by atoms with van der Waals surface area (Å²) in [6.07, 6.45) is 7.36. The van der Waals surface area contributed by atoms with Gasteiger partial charge < -0.3 is 29.0 Å². The molecule has 0 bridgehead atoms. The molecule has 0 aromatic rings. The Kier molecular flexibility index (Phi) is 6.01. The average molecular weight is 505 g/mol. The molecular formula is C28H42NO7+. The molecule has 2 N–H and O–H groups in total. The van der Waals surface area contributed by atoms with Crippen molar-refractivity contribution in [2.24, 2.45) is 28.6 Å². The van der Waals surface area contributed by atoms with Crippen LogP contribution in [0.25, 0.3) is 0 Å². The van der Waals surface area contributed by atoms with Gasteiger partial charge in [-0.25, -0.2) is 9.59 Å². The van der Waals surface area contributed by atoms with Gasteiger partial charge in [0.15, 0.2) is 6.54 Å². The number of aliphatic hydroxyl groups is 2. The van der Waals surface area contributed by atoms with E-state index in [1.54, 1.807) is 6.08 Å². The monoisotopic (exact) mass is 504 g/mol. The summed E-state index contributed by atoms with van der Waals surface area (Å²) >= 11 is 0. The molecule has 8 atom stereocenters. The van der Waals surface area contributed by atoms with Crippen LogP contribution in [0.5, 0.6) is 0 Å². The van der Waals surface area contributed by atoms with Crippen LogP contribution in [0.1, 0.15) is 64.7 Å². The molecule has 36 heavy (non-hydrogen) atoms.